The minimum Gasteiger partial charge on any atom is -0.0880 e. The van der Waals surface area contributed by atoms with Crippen molar-refractivity contribution >= 4 is 0 Å². The Balaban J connectivity index is 1.57. The SMILES string of the molecule is CC(C)CC=C[C@@H](C)[C@H]1CC[C@H]2[C@@H]3C=CC4CCCC[C@]4(C)C3=CC[C@]12C. The molecular weight excluding hydrogens is 324 g/mol. The zero-order valence-electron chi connectivity index (χ0n) is 18.5. The first kappa shape index (κ1) is 19.5. The molecule has 0 aliphatic heterocycles. The topological polar surface area (TPSA) is 0 Å². The van der Waals surface area contributed by atoms with Crippen molar-refractivity contribution < 1.29 is 0 Å². The third kappa shape index (κ3) is 3.20. The van der Waals surface area contributed by atoms with E-state index in [1.54, 1.807) is 0 Å². The minimum atomic E-state index is 0.472. The summed E-state index contributed by atoms with van der Waals surface area (Å²) in [5.74, 6) is 4.78. The monoisotopic (exact) mass is 366 g/mol. The van der Waals surface area contributed by atoms with Crippen LogP contribution in [0.1, 0.15) is 86.0 Å². The van der Waals surface area contributed by atoms with Gasteiger partial charge in [-0.25, -0.2) is 0 Å². The van der Waals surface area contributed by atoms with Gasteiger partial charge in [0.1, 0.15) is 0 Å². The molecule has 0 bridgehead atoms. The lowest BCUT2D eigenvalue weighted by Gasteiger charge is -2.54. The van der Waals surface area contributed by atoms with Crippen molar-refractivity contribution in [2.75, 3.05) is 0 Å². The first-order valence-electron chi connectivity index (χ1n) is 11.9. The van der Waals surface area contributed by atoms with Crippen molar-refractivity contribution in [2.24, 2.45) is 46.3 Å². The van der Waals surface area contributed by atoms with Gasteiger partial charge in [0.15, 0.2) is 0 Å². The van der Waals surface area contributed by atoms with Crippen LogP contribution >= 0.6 is 0 Å². The lowest BCUT2D eigenvalue weighted by atomic mass is 9.50. The summed E-state index contributed by atoms with van der Waals surface area (Å²) >= 11 is 0. The van der Waals surface area contributed by atoms with Gasteiger partial charge in [-0.3, -0.25) is 0 Å². The first-order valence-corrected chi connectivity index (χ1v) is 11.9. The Morgan fingerprint density at radius 2 is 1.89 bits per heavy atom. The summed E-state index contributed by atoms with van der Waals surface area (Å²) in [4.78, 5) is 0. The third-order valence-corrected chi connectivity index (χ3v) is 9.21. The maximum atomic E-state index is 2.74. The zero-order valence-corrected chi connectivity index (χ0v) is 18.5. The molecule has 0 amide bonds. The zero-order chi connectivity index (χ0) is 19.2. The van der Waals surface area contributed by atoms with Crippen LogP contribution in [-0.2, 0) is 0 Å². The highest BCUT2D eigenvalue weighted by molar-refractivity contribution is 5.35. The largest absolute Gasteiger partial charge is 0.0880 e. The van der Waals surface area contributed by atoms with E-state index in [4.69, 9.17) is 0 Å². The molecule has 0 saturated heterocycles. The van der Waals surface area contributed by atoms with Crippen LogP contribution in [0.4, 0.5) is 0 Å². The van der Waals surface area contributed by atoms with Gasteiger partial charge in [0.2, 0.25) is 0 Å². The fourth-order valence-electron chi connectivity index (χ4n) is 7.56. The van der Waals surface area contributed by atoms with Crippen LogP contribution in [0.2, 0.25) is 0 Å². The van der Waals surface area contributed by atoms with Gasteiger partial charge in [0, 0.05) is 5.92 Å². The maximum absolute atomic E-state index is 2.74. The molecule has 0 aromatic rings. The molecule has 0 aromatic carbocycles. The summed E-state index contributed by atoms with van der Waals surface area (Å²) in [5.41, 5.74) is 2.82. The van der Waals surface area contributed by atoms with Crippen LogP contribution in [-0.4, -0.2) is 0 Å². The van der Waals surface area contributed by atoms with Gasteiger partial charge in [-0.15, -0.1) is 0 Å². The minimum absolute atomic E-state index is 0.472. The summed E-state index contributed by atoms with van der Waals surface area (Å²) in [5, 5.41) is 0. The van der Waals surface area contributed by atoms with Gasteiger partial charge < -0.3 is 0 Å². The van der Waals surface area contributed by atoms with E-state index in [-0.39, 0.29) is 0 Å². The molecule has 2 saturated carbocycles. The molecule has 150 valence electrons. The molecule has 7 atom stereocenters. The number of hydrogen-bond acceptors (Lipinski definition) is 0. The molecule has 4 rings (SSSR count). The average Bonchev–Trinajstić information content (AvgIpc) is 2.98. The Hall–Kier alpha value is -0.780. The van der Waals surface area contributed by atoms with E-state index < -0.39 is 0 Å². The molecule has 0 nitrogen and oxygen atoms in total. The highest BCUT2D eigenvalue weighted by Crippen LogP contribution is 2.64. The smallest absolute Gasteiger partial charge is 0.00162 e. The molecule has 0 heterocycles. The van der Waals surface area contributed by atoms with Gasteiger partial charge >= 0.3 is 0 Å². The van der Waals surface area contributed by atoms with E-state index in [0.717, 1.165) is 35.5 Å². The van der Waals surface area contributed by atoms with E-state index in [1.165, 1.54) is 51.4 Å². The first-order chi connectivity index (χ1) is 12.9. The summed E-state index contributed by atoms with van der Waals surface area (Å²) in [6.07, 6.45) is 24.2. The van der Waals surface area contributed by atoms with Gasteiger partial charge in [0.05, 0.1) is 0 Å². The second kappa shape index (κ2) is 7.23. The molecule has 4 aliphatic carbocycles. The van der Waals surface area contributed by atoms with E-state index in [0.29, 0.717) is 10.8 Å². The van der Waals surface area contributed by atoms with Crippen LogP contribution in [0.3, 0.4) is 0 Å². The highest BCUT2D eigenvalue weighted by Gasteiger charge is 2.55. The van der Waals surface area contributed by atoms with Crippen LogP contribution in [0, 0.1) is 46.3 Å². The van der Waals surface area contributed by atoms with Crippen molar-refractivity contribution in [3.8, 4) is 0 Å². The Morgan fingerprint density at radius 1 is 1.07 bits per heavy atom. The van der Waals surface area contributed by atoms with Crippen molar-refractivity contribution in [1.29, 1.82) is 0 Å². The molecule has 1 unspecified atom stereocenters. The van der Waals surface area contributed by atoms with Crippen molar-refractivity contribution in [3.05, 3.63) is 36.0 Å². The molecule has 0 radical (unpaired) electrons. The van der Waals surface area contributed by atoms with Crippen molar-refractivity contribution in [3.63, 3.8) is 0 Å². The predicted molar refractivity (Wildman–Crippen MR) is 117 cm³/mol. The standard InChI is InChI=1S/C27H42/c1-19(2)9-8-10-20(3)23-14-15-24-22-13-12-21-11-6-7-17-26(21,4)25(22)16-18-27(23,24)5/h8,10,12-13,16,19-24H,6-7,9,11,14-15,17-18H2,1-5H3/t20-,21?,22+,23-,24+,26+,27-/m1/s1. The molecule has 0 aromatic heterocycles. The number of rotatable bonds is 4. The third-order valence-electron chi connectivity index (χ3n) is 9.21. The molecule has 4 aliphatic rings. The fraction of sp³-hybridized carbons (Fsp3) is 0.778. The highest BCUT2D eigenvalue weighted by atomic mass is 14.6. The summed E-state index contributed by atoms with van der Waals surface area (Å²) < 4.78 is 0. The number of hydrogen-bond donors (Lipinski definition) is 0. The lowest BCUT2D eigenvalue weighted by molar-refractivity contribution is 0.0753. The van der Waals surface area contributed by atoms with Gasteiger partial charge in [-0.1, -0.05) is 83.4 Å². The van der Waals surface area contributed by atoms with Crippen LogP contribution in [0.5, 0.6) is 0 Å². The number of allylic oxidation sites excluding steroid dienone is 6. The molecular formula is C27H42. The van der Waals surface area contributed by atoms with Crippen molar-refractivity contribution in [2.45, 2.75) is 86.0 Å². The molecule has 2 fully saturated rings. The summed E-state index contributed by atoms with van der Waals surface area (Å²) in [6.45, 7) is 12.4. The van der Waals surface area contributed by atoms with E-state index in [2.05, 4.69) is 65.0 Å². The fourth-order valence-corrected chi connectivity index (χ4v) is 7.56. The van der Waals surface area contributed by atoms with Crippen molar-refractivity contribution in [1.82, 2.24) is 0 Å². The van der Waals surface area contributed by atoms with Gasteiger partial charge in [-0.05, 0) is 78.9 Å². The van der Waals surface area contributed by atoms with E-state index in [1.807, 2.05) is 5.57 Å². The molecule has 0 N–H and O–H groups in total. The Bertz CT molecular complexity index is 634. The summed E-state index contributed by atoms with van der Waals surface area (Å²) in [7, 11) is 0. The van der Waals surface area contributed by atoms with E-state index in [9.17, 15) is 0 Å². The van der Waals surface area contributed by atoms with Gasteiger partial charge in [0.25, 0.3) is 0 Å². The van der Waals surface area contributed by atoms with Crippen LogP contribution in [0.25, 0.3) is 0 Å². The lowest BCUT2D eigenvalue weighted by Crippen LogP contribution is -2.45. The normalized spacial score (nSPS) is 44.7. The van der Waals surface area contributed by atoms with E-state index >= 15 is 0 Å². The summed E-state index contributed by atoms with van der Waals surface area (Å²) in [6, 6.07) is 0. The second-order valence-corrected chi connectivity index (χ2v) is 11.3. The molecule has 0 heteroatoms. The van der Waals surface area contributed by atoms with Crippen LogP contribution in [0.15, 0.2) is 36.0 Å². The van der Waals surface area contributed by atoms with Crippen LogP contribution < -0.4 is 0 Å². The maximum Gasteiger partial charge on any atom is 0.00162 e. The van der Waals surface area contributed by atoms with Gasteiger partial charge in [-0.2, -0.15) is 0 Å². The predicted octanol–water partition coefficient (Wildman–Crippen LogP) is 7.97. The Labute approximate surface area is 168 Å². The molecule has 27 heavy (non-hydrogen) atoms. The second-order valence-electron chi connectivity index (χ2n) is 11.3. The number of fused-ring (bicyclic) bond motifs is 5. The quantitative estimate of drug-likeness (QED) is 0.442. The Kier molecular flexibility index (Phi) is 5.23. The molecule has 0 spiro atoms. The average molecular weight is 367 g/mol. The Morgan fingerprint density at radius 3 is 2.67 bits per heavy atom.